The summed E-state index contributed by atoms with van der Waals surface area (Å²) < 4.78 is 1.19. The second-order valence-electron chi connectivity index (χ2n) is 6.01. The molecule has 2 aromatic carbocycles. The summed E-state index contributed by atoms with van der Waals surface area (Å²) in [5, 5.41) is 27.1. The first-order valence-corrected chi connectivity index (χ1v) is 8.58. The number of aromatic nitrogens is 3. The molecule has 4 aromatic rings. The van der Waals surface area contributed by atoms with E-state index in [1.54, 1.807) is 6.07 Å². The number of carbonyl (C=O) groups is 2. The molecular weight excluding hydrogens is 384 g/mol. The highest BCUT2D eigenvalue weighted by Gasteiger charge is 2.24. The van der Waals surface area contributed by atoms with E-state index in [4.69, 9.17) is 16.7 Å². The van der Waals surface area contributed by atoms with Crippen LogP contribution in [-0.4, -0.2) is 43.2 Å². The van der Waals surface area contributed by atoms with E-state index in [1.165, 1.54) is 16.9 Å². The molecule has 0 saturated carbocycles. The van der Waals surface area contributed by atoms with Crippen molar-refractivity contribution in [2.24, 2.45) is 0 Å². The number of aliphatic carboxylic acids is 1. The van der Waals surface area contributed by atoms with Gasteiger partial charge in [-0.1, -0.05) is 41.9 Å². The zero-order valence-corrected chi connectivity index (χ0v) is 15.0. The van der Waals surface area contributed by atoms with E-state index >= 15 is 0 Å². The lowest BCUT2D eigenvalue weighted by Gasteiger charge is -2.14. The fraction of sp³-hybridized carbons (Fsp3) is 0.0526. The Labute approximate surface area is 163 Å². The van der Waals surface area contributed by atoms with Gasteiger partial charge in [0.1, 0.15) is 12.9 Å². The van der Waals surface area contributed by atoms with Crippen LogP contribution in [0.1, 0.15) is 10.5 Å². The fourth-order valence-corrected chi connectivity index (χ4v) is 3.34. The number of fused-ring (bicyclic) bond motifs is 3. The molecular formula is C19H13ClN4O4. The minimum Gasteiger partial charge on any atom is -0.505 e. The molecule has 0 fully saturated rings. The second kappa shape index (κ2) is 6.82. The van der Waals surface area contributed by atoms with Crippen molar-refractivity contribution >= 4 is 39.9 Å². The van der Waals surface area contributed by atoms with Crippen LogP contribution < -0.4 is 5.32 Å². The summed E-state index contributed by atoms with van der Waals surface area (Å²) in [6.07, 6.45) is 1.26. The Hall–Kier alpha value is -3.65. The summed E-state index contributed by atoms with van der Waals surface area (Å²) in [5.74, 6) is -2.37. The zero-order valence-electron chi connectivity index (χ0n) is 14.3. The van der Waals surface area contributed by atoms with Gasteiger partial charge in [-0.15, -0.1) is 0 Å². The first kappa shape index (κ1) is 17.7. The molecule has 8 nitrogen and oxygen atoms in total. The van der Waals surface area contributed by atoms with Crippen LogP contribution >= 0.6 is 11.6 Å². The average molecular weight is 397 g/mol. The molecule has 0 radical (unpaired) electrons. The summed E-state index contributed by atoms with van der Waals surface area (Å²) in [4.78, 5) is 27.5. The van der Waals surface area contributed by atoms with Crippen LogP contribution in [0.4, 0.5) is 0 Å². The van der Waals surface area contributed by atoms with Gasteiger partial charge >= 0.3 is 5.97 Å². The predicted octanol–water partition coefficient (Wildman–Crippen LogP) is 2.72. The molecule has 140 valence electrons. The third-order valence-electron chi connectivity index (χ3n) is 4.27. The first-order chi connectivity index (χ1) is 13.5. The Bertz CT molecular complexity index is 1240. The topological polar surface area (TPSA) is 117 Å². The highest BCUT2D eigenvalue weighted by atomic mass is 35.5. The van der Waals surface area contributed by atoms with Crippen molar-refractivity contribution in [3.8, 4) is 16.9 Å². The van der Waals surface area contributed by atoms with Crippen molar-refractivity contribution in [3.05, 3.63) is 59.5 Å². The Morgan fingerprint density at radius 3 is 2.64 bits per heavy atom. The van der Waals surface area contributed by atoms with Gasteiger partial charge in [-0.3, -0.25) is 9.59 Å². The van der Waals surface area contributed by atoms with E-state index in [9.17, 15) is 14.7 Å². The van der Waals surface area contributed by atoms with E-state index < -0.39 is 18.4 Å². The molecule has 2 aromatic heterocycles. The summed E-state index contributed by atoms with van der Waals surface area (Å²) in [6, 6.07) is 12.7. The van der Waals surface area contributed by atoms with Gasteiger partial charge in [-0.05, 0) is 23.3 Å². The monoisotopic (exact) mass is 396 g/mol. The minimum absolute atomic E-state index is 0.220. The van der Waals surface area contributed by atoms with Crippen LogP contribution in [0.15, 0.2) is 48.8 Å². The van der Waals surface area contributed by atoms with Gasteiger partial charge in [0.25, 0.3) is 5.91 Å². The van der Waals surface area contributed by atoms with Crippen molar-refractivity contribution in [2.45, 2.75) is 0 Å². The second-order valence-corrected chi connectivity index (χ2v) is 6.45. The van der Waals surface area contributed by atoms with Crippen LogP contribution in [0.2, 0.25) is 5.02 Å². The SMILES string of the molecule is O=C(O)CNC(=O)c1c(O)c2cc(Cl)cc(-c3ccccc3)c2c2ncnn12. The van der Waals surface area contributed by atoms with Crippen LogP contribution in [0.25, 0.3) is 27.5 Å². The standard InChI is InChI=1S/C19H13ClN4O4/c20-11-6-12(10-4-2-1-3-5-10)15-13(7-11)17(27)16(19(28)21-8-14(25)26)24-18(15)22-9-23-24/h1-7,9,27H,8H2,(H,21,28)(H,25,26). The normalized spacial score (nSPS) is 11.0. The largest absolute Gasteiger partial charge is 0.505 e. The van der Waals surface area contributed by atoms with Crippen LogP contribution in [-0.2, 0) is 4.79 Å². The number of aromatic hydroxyl groups is 1. The molecule has 0 bridgehead atoms. The number of pyridine rings is 1. The molecule has 28 heavy (non-hydrogen) atoms. The average Bonchev–Trinajstić information content (AvgIpc) is 3.15. The molecule has 0 saturated heterocycles. The smallest absolute Gasteiger partial charge is 0.322 e. The van der Waals surface area contributed by atoms with Crippen molar-refractivity contribution in [3.63, 3.8) is 0 Å². The number of halogens is 1. The van der Waals surface area contributed by atoms with E-state index in [1.807, 2.05) is 30.3 Å². The van der Waals surface area contributed by atoms with E-state index in [-0.39, 0.29) is 11.4 Å². The lowest BCUT2D eigenvalue weighted by atomic mass is 9.98. The Morgan fingerprint density at radius 1 is 1.18 bits per heavy atom. The van der Waals surface area contributed by atoms with Crippen molar-refractivity contribution in [1.82, 2.24) is 19.9 Å². The van der Waals surface area contributed by atoms with Crippen LogP contribution in [0.5, 0.6) is 5.75 Å². The number of hydrogen-bond acceptors (Lipinski definition) is 5. The number of nitrogens with one attached hydrogen (secondary N) is 1. The molecule has 0 spiro atoms. The lowest BCUT2D eigenvalue weighted by molar-refractivity contribution is -0.135. The molecule has 1 amide bonds. The third-order valence-corrected chi connectivity index (χ3v) is 4.48. The van der Waals surface area contributed by atoms with Gasteiger partial charge in [0, 0.05) is 15.8 Å². The molecule has 0 atom stereocenters. The van der Waals surface area contributed by atoms with E-state index in [0.29, 0.717) is 27.0 Å². The summed E-state index contributed by atoms with van der Waals surface area (Å²) in [7, 11) is 0. The third kappa shape index (κ3) is 2.89. The fourth-order valence-electron chi connectivity index (χ4n) is 3.13. The van der Waals surface area contributed by atoms with Crippen molar-refractivity contribution < 1.29 is 19.8 Å². The maximum absolute atomic E-state index is 12.5. The quantitative estimate of drug-likeness (QED) is 0.488. The van der Waals surface area contributed by atoms with Gasteiger partial charge in [0.15, 0.2) is 17.1 Å². The Morgan fingerprint density at radius 2 is 1.93 bits per heavy atom. The molecule has 0 unspecified atom stereocenters. The number of carboxylic acids is 1. The number of amides is 1. The van der Waals surface area contributed by atoms with Crippen LogP contribution in [0.3, 0.4) is 0 Å². The molecule has 0 aliphatic carbocycles. The van der Waals surface area contributed by atoms with E-state index in [0.717, 1.165) is 5.56 Å². The molecule has 9 heteroatoms. The van der Waals surface area contributed by atoms with Gasteiger partial charge in [0.2, 0.25) is 0 Å². The Balaban J connectivity index is 2.05. The number of hydrogen-bond donors (Lipinski definition) is 3. The molecule has 4 rings (SSSR count). The lowest BCUT2D eigenvalue weighted by Crippen LogP contribution is -2.31. The zero-order chi connectivity index (χ0) is 19.8. The highest BCUT2D eigenvalue weighted by Crippen LogP contribution is 2.39. The molecule has 2 heterocycles. The minimum atomic E-state index is -1.21. The molecule has 0 aliphatic heterocycles. The van der Waals surface area contributed by atoms with E-state index in [2.05, 4.69) is 15.4 Å². The maximum Gasteiger partial charge on any atom is 0.322 e. The molecule has 0 aliphatic rings. The van der Waals surface area contributed by atoms with Crippen molar-refractivity contribution in [1.29, 1.82) is 0 Å². The predicted molar refractivity (Wildman–Crippen MR) is 103 cm³/mol. The summed E-state index contributed by atoms with van der Waals surface area (Å²) in [5.41, 5.74) is 1.68. The van der Waals surface area contributed by atoms with Gasteiger partial charge in [-0.2, -0.15) is 5.10 Å². The van der Waals surface area contributed by atoms with Gasteiger partial charge in [0.05, 0.1) is 0 Å². The maximum atomic E-state index is 12.5. The van der Waals surface area contributed by atoms with Crippen molar-refractivity contribution in [2.75, 3.05) is 6.54 Å². The number of rotatable bonds is 4. The first-order valence-electron chi connectivity index (χ1n) is 8.20. The Kier molecular flexibility index (Phi) is 4.32. The van der Waals surface area contributed by atoms with Gasteiger partial charge < -0.3 is 15.5 Å². The summed E-state index contributed by atoms with van der Waals surface area (Å²) in [6.45, 7) is -0.600. The van der Waals surface area contributed by atoms with Gasteiger partial charge in [-0.25, -0.2) is 9.50 Å². The highest BCUT2D eigenvalue weighted by molar-refractivity contribution is 6.32. The van der Waals surface area contributed by atoms with Crippen LogP contribution in [0, 0.1) is 0 Å². The summed E-state index contributed by atoms with van der Waals surface area (Å²) >= 11 is 6.27. The number of nitrogens with zero attached hydrogens (tertiary/aromatic N) is 3. The number of benzene rings is 2. The molecule has 3 N–H and O–H groups in total. The number of carboxylic acid groups (broad SMARTS) is 1. The number of carbonyl (C=O) groups excluding carboxylic acids is 1.